The molecule has 0 bridgehead atoms. The van der Waals surface area contributed by atoms with Crippen LogP contribution in [0.1, 0.15) is 30.9 Å². The van der Waals surface area contributed by atoms with E-state index >= 15 is 0 Å². The van der Waals surface area contributed by atoms with Crippen LogP contribution in [0.2, 0.25) is 0 Å². The molecule has 1 amide bonds. The fourth-order valence-electron chi connectivity index (χ4n) is 3.06. The van der Waals surface area contributed by atoms with Crippen LogP contribution in [0.15, 0.2) is 36.5 Å². The number of allylic oxidation sites excluding steroid dienone is 1. The largest absolute Gasteiger partial charge is 0.475 e. The molecule has 2 atom stereocenters. The molecule has 1 saturated heterocycles. The van der Waals surface area contributed by atoms with Gasteiger partial charge in [0.1, 0.15) is 6.10 Å². The minimum atomic E-state index is -4.45. The summed E-state index contributed by atoms with van der Waals surface area (Å²) in [5, 5.41) is 21.4. The van der Waals surface area contributed by atoms with Crippen LogP contribution in [-0.2, 0) is 17.3 Å². The summed E-state index contributed by atoms with van der Waals surface area (Å²) < 4.78 is 43.2. The molecule has 1 heterocycles. The Morgan fingerprint density at radius 3 is 2.64 bits per heavy atom. The van der Waals surface area contributed by atoms with Crippen LogP contribution >= 0.6 is 0 Å². The maximum atomic E-state index is 12.6. The molecule has 0 aromatic heterocycles. The van der Waals surface area contributed by atoms with E-state index in [0.717, 1.165) is 25.1 Å². The van der Waals surface area contributed by atoms with Gasteiger partial charge in [-0.25, -0.2) is 4.79 Å². The molecule has 0 saturated carbocycles. The molecule has 0 spiro atoms. The highest BCUT2D eigenvalue weighted by Gasteiger charge is 2.31. The van der Waals surface area contributed by atoms with E-state index in [2.05, 4.69) is 5.32 Å². The van der Waals surface area contributed by atoms with Gasteiger partial charge in [-0.3, -0.25) is 0 Å². The molecule has 0 radical (unpaired) electrons. The molecule has 3 N–H and O–H groups in total. The van der Waals surface area contributed by atoms with Crippen molar-refractivity contribution in [2.75, 3.05) is 13.1 Å². The van der Waals surface area contributed by atoms with Gasteiger partial charge in [-0.05, 0) is 50.1 Å². The van der Waals surface area contributed by atoms with Gasteiger partial charge in [0.15, 0.2) is 0 Å². The number of amides is 1. The molecule has 10 heteroatoms. The van der Waals surface area contributed by atoms with Crippen molar-refractivity contribution in [2.45, 2.75) is 44.4 Å². The van der Waals surface area contributed by atoms with E-state index in [9.17, 15) is 28.0 Å². The Bertz CT molecular complexity index is 668. The second kappa shape index (κ2) is 9.84. The summed E-state index contributed by atoms with van der Waals surface area (Å²) in [6.07, 6.45) is -0.252. The second-order valence-corrected chi connectivity index (χ2v) is 6.71. The summed E-state index contributed by atoms with van der Waals surface area (Å²) in [7, 11) is -1.89. The first-order chi connectivity index (χ1) is 13.2. The van der Waals surface area contributed by atoms with E-state index in [4.69, 9.17) is 4.74 Å². The van der Waals surface area contributed by atoms with Crippen molar-refractivity contribution in [3.8, 4) is 0 Å². The smallest absolute Gasteiger partial charge is 0.444 e. The molecule has 1 aromatic carbocycles. The van der Waals surface area contributed by atoms with Crippen molar-refractivity contribution in [2.24, 2.45) is 0 Å². The number of carbonyl (C=O) groups is 1. The SMILES string of the molecule is CC=CN1CCC[C@H](OC(=O)NC(Cc2ccc(C(F)(F)F)cc2)B(O)O)C1. The molecule has 154 valence electrons. The number of alkyl carbamates (subject to hydrolysis) is 1. The summed E-state index contributed by atoms with van der Waals surface area (Å²) in [4.78, 5) is 14.2. The number of rotatable bonds is 6. The monoisotopic (exact) mass is 400 g/mol. The van der Waals surface area contributed by atoms with Crippen LogP contribution in [-0.4, -0.2) is 53.3 Å². The zero-order valence-electron chi connectivity index (χ0n) is 15.5. The fraction of sp³-hybridized carbons (Fsp3) is 0.500. The maximum absolute atomic E-state index is 12.6. The Morgan fingerprint density at radius 2 is 2.07 bits per heavy atom. The van der Waals surface area contributed by atoms with Crippen molar-refractivity contribution < 1.29 is 32.8 Å². The van der Waals surface area contributed by atoms with Gasteiger partial charge in [-0.1, -0.05) is 18.2 Å². The molecule has 1 aliphatic heterocycles. The Labute approximate surface area is 162 Å². The Balaban J connectivity index is 1.92. The first kappa shape index (κ1) is 22.1. The normalized spacial score (nSPS) is 18.8. The van der Waals surface area contributed by atoms with E-state index in [1.165, 1.54) is 12.1 Å². The summed E-state index contributed by atoms with van der Waals surface area (Å²) in [6, 6.07) is 4.29. The second-order valence-electron chi connectivity index (χ2n) is 6.71. The van der Waals surface area contributed by atoms with Gasteiger partial charge in [-0.15, -0.1) is 0 Å². The zero-order valence-corrected chi connectivity index (χ0v) is 15.5. The number of ether oxygens (including phenoxy) is 1. The molecule has 2 rings (SSSR count). The zero-order chi connectivity index (χ0) is 20.7. The van der Waals surface area contributed by atoms with Crippen LogP contribution in [0, 0.1) is 0 Å². The van der Waals surface area contributed by atoms with Gasteiger partial charge in [0.05, 0.1) is 18.0 Å². The number of likely N-dealkylation sites (tertiary alicyclic amines) is 1. The first-order valence-electron chi connectivity index (χ1n) is 9.05. The van der Waals surface area contributed by atoms with Crippen molar-refractivity contribution in [3.63, 3.8) is 0 Å². The van der Waals surface area contributed by atoms with Crippen LogP contribution in [0.25, 0.3) is 0 Å². The summed E-state index contributed by atoms with van der Waals surface area (Å²) in [6.45, 7) is 3.31. The fourth-order valence-corrected chi connectivity index (χ4v) is 3.06. The number of benzene rings is 1. The highest BCUT2D eigenvalue weighted by molar-refractivity contribution is 6.43. The lowest BCUT2D eigenvalue weighted by Crippen LogP contribution is -2.49. The number of nitrogens with zero attached hydrogens (tertiary/aromatic N) is 1. The molecule has 28 heavy (non-hydrogen) atoms. The van der Waals surface area contributed by atoms with Gasteiger partial charge in [0.25, 0.3) is 0 Å². The van der Waals surface area contributed by atoms with Gasteiger partial charge in [0, 0.05) is 6.54 Å². The molecule has 0 aliphatic carbocycles. The Morgan fingerprint density at radius 1 is 1.39 bits per heavy atom. The van der Waals surface area contributed by atoms with Crippen molar-refractivity contribution >= 4 is 13.2 Å². The third-order valence-corrected chi connectivity index (χ3v) is 4.44. The van der Waals surface area contributed by atoms with E-state index in [0.29, 0.717) is 18.5 Å². The number of halogens is 3. The third kappa shape index (κ3) is 6.76. The lowest BCUT2D eigenvalue weighted by atomic mass is 9.76. The Hall–Kier alpha value is -2.20. The molecule has 6 nitrogen and oxygen atoms in total. The third-order valence-electron chi connectivity index (χ3n) is 4.44. The molecular weight excluding hydrogens is 376 g/mol. The van der Waals surface area contributed by atoms with Crippen molar-refractivity contribution in [1.29, 1.82) is 0 Å². The predicted octanol–water partition coefficient (Wildman–Crippen LogP) is 2.35. The minimum Gasteiger partial charge on any atom is -0.444 e. The van der Waals surface area contributed by atoms with E-state index in [1.807, 2.05) is 24.1 Å². The number of alkyl halides is 3. The number of hydrogen-bond acceptors (Lipinski definition) is 5. The average molecular weight is 400 g/mol. The van der Waals surface area contributed by atoms with E-state index in [-0.39, 0.29) is 12.5 Å². The Kier molecular flexibility index (Phi) is 7.76. The molecule has 1 unspecified atom stereocenters. The van der Waals surface area contributed by atoms with E-state index < -0.39 is 30.9 Å². The van der Waals surface area contributed by atoms with Gasteiger partial charge in [-0.2, -0.15) is 13.2 Å². The number of hydrogen-bond donors (Lipinski definition) is 3. The van der Waals surface area contributed by atoms with Crippen LogP contribution in [0.4, 0.5) is 18.0 Å². The standard InChI is InChI=1S/C18H24BF3N2O4/c1-2-9-24-10-3-4-15(12-24)28-17(25)23-16(19(26)27)11-13-5-7-14(8-6-13)18(20,21)22/h2,5-9,15-16,26-27H,3-4,10-12H2,1H3,(H,23,25)/t15-,16?/m0/s1. The summed E-state index contributed by atoms with van der Waals surface area (Å²) >= 11 is 0. The number of piperidine rings is 1. The highest BCUT2D eigenvalue weighted by atomic mass is 19.4. The summed E-state index contributed by atoms with van der Waals surface area (Å²) in [5.41, 5.74) is -0.379. The van der Waals surface area contributed by atoms with E-state index in [1.54, 1.807) is 0 Å². The van der Waals surface area contributed by atoms with Gasteiger partial charge < -0.3 is 25.0 Å². The summed E-state index contributed by atoms with van der Waals surface area (Å²) in [5.74, 6) is -1.11. The van der Waals surface area contributed by atoms with Crippen molar-refractivity contribution in [3.05, 3.63) is 47.7 Å². The first-order valence-corrected chi connectivity index (χ1v) is 9.05. The maximum Gasteiger partial charge on any atom is 0.475 e. The topological polar surface area (TPSA) is 82.0 Å². The number of nitrogens with one attached hydrogen (secondary N) is 1. The minimum absolute atomic E-state index is 0.0553. The van der Waals surface area contributed by atoms with Gasteiger partial charge in [0.2, 0.25) is 0 Å². The molecular formula is C18H24BF3N2O4. The highest BCUT2D eigenvalue weighted by Crippen LogP contribution is 2.29. The quantitative estimate of drug-likeness (QED) is 0.639. The van der Waals surface area contributed by atoms with Gasteiger partial charge >= 0.3 is 19.4 Å². The molecule has 1 fully saturated rings. The van der Waals surface area contributed by atoms with Crippen LogP contribution < -0.4 is 5.32 Å². The molecule has 1 aromatic rings. The number of carbonyl (C=O) groups excluding carboxylic acids is 1. The van der Waals surface area contributed by atoms with Crippen LogP contribution in [0.3, 0.4) is 0 Å². The predicted molar refractivity (Wildman–Crippen MR) is 98.2 cm³/mol. The average Bonchev–Trinajstić information content (AvgIpc) is 2.61. The molecule has 1 aliphatic rings. The lowest BCUT2D eigenvalue weighted by molar-refractivity contribution is -0.137. The lowest BCUT2D eigenvalue weighted by Gasteiger charge is -2.31. The van der Waals surface area contributed by atoms with Crippen LogP contribution in [0.5, 0.6) is 0 Å². The van der Waals surface area contributed by atoms with Crippen molar-refractivity contribution in [1.82, 2.24) is 10.2 Å².